The largest absolute Gasteiger partial charge is 0.505 e. The Morgan fingerprint density at radius 3 is 2.57 bits per heavy atom. The summed E-state index contributed by atoms with van der Waals surface area (Å²) in [6.45, 7) is 1.32. The quantitative estimate of drug-likeness (QED) is 0.767. The number of hydrogen-bond donors (Lipinski definition) is 2. The van der Waals surface area contributed by atoms with E-state index >= 15 is 0 Å². The number of alkyl halides is 2. The van der Waals surface area contributed by atoms with E-state index in [0.29, 0.717) is 0 Å². The van der Waals surface area contributed by atoms with Crippen molar-refractivity contribution < 1.29 is 23.8 Å². The van der Waals surface area contributed by atoms with E-state index in [1.54, 1.807) is 0 Å². The summed E-state index contributed by atoms with van der Waals surface area (Å²) < 4.78 is 24.7. The van der Waals surface area contributed by atoms with Gasteiger partial charge in [-0.1, -0.05) is 0 Å². The van der Waals surface area contributed by atoms with Gasteiger partial charge in [0.2, 0.25) is 0 Å². The molecule has 0 spiro atoms. The minimum absolute atomic E-state index is 0.0579. The Morgan fingerprint density at radius 2 is 2.14 bits per heavy atom. The van der Waals surface area contributed by atoms with Gasteiger partial charge in [-0.2, -0.15) is 0 Å². The fourth-order valence-corrected chi connectivity index (χ4v) is 1.04. The van der Waals surface area contributed by atoms with Gasteiger partial charge in [-0.15, -0.1) is 0 Å². The third-order valence-corrected chi connectivity index (χ3v) is 1.71. The number of aryl methyl sites for hydroxylation is 1. The van der Waals surface area contributed by atoms with E-state index in [4.69, 9.17) is 5.11 Å². The monoisotopic (exact) mass is 203 g/mol. The van der Waals surface area contributed by atoms with Crippen molar-refractivity contribution in [1.29, 1.82) is 0 Å². The fraction of sp³-hybridized carbons (Fsp3) is 0.250. The normalized spacial score (nSPS) is 10.6. The lowest BCUT2D eigenvalue weighted by Crippen LogP contribution is -2.04. The molecule has 76 valence electrons. The first-order valence-corrected chi connectivity index (χ1v) is 3.65. The summed E-state index contributed by atoms with van der Waals surface area (Å²) in [5, 5.41) is 17.7. The predicted octanol–water partition coefficient (Wildman–Crippen LogP) is 1.73. The van der Waals surface area contributed by atoms with Crippen LogP contribution in [0.15, 0.2) is 6.20 Å². The molecule has 1 aromatic rings. The van der Waals surface area contributed by atoms with Crippen molar-refractivity contribution in [3.63, 3.8) is 0 Å². The Hall–Kier alpha value is -1.72. The molecule has 1 aromatic heterocycles. The summed E-state index contributed by atoms with van der Waals surface area (Å²) in [4.78, 5) is 13.8. The van der Waals surface area contributed by atoms with Gasteiger partial charge in [-0.3, -0.25) is 0 Å². The number of aromatic carboxylic acids is 1. The van der Waals surface area contributed by atoms with Crippen LogP contribution in [-0.4, -0.2) is 21.2 Å². The Balaban J connectivity index is 3.41. The molecule has 0 aliphatic rings. The van der Waals surface area contributed by atoms with Crippen molar-refractivity contribution >= 4 is 5.97 Å². The SMILES string of the molecule is Cc1cnc(C(=O)O)c(O)c1C(F)F. The number of carbonyl (C=O) groups is 1. The molecule has 14 heavy (non-hydrogen) atoms. The molecule has 0 radical (unpaired) electrons. The summed E-state index contributed by atoms with van der Waals surface area (Å²) in [6, 6.07) is 0. The van der Waals surface area contributed by atoms with E-state index in [1.165, 1.54) is 6.92 Å². The first kappa shape index (κ1) is 10.4. The minimum Gasteiger partial charge on any atom is -0.505 e. The van der Waals surface area contributed by atoms with Crippen molar-refractivity contribution in [3.05, 3.63) is 23.0 Å². The zero-order valence-corrected chi connectivity index (χ0v) is 7.16. The van der Waals surface area contributed by atoms with Crippen molar-refractivity contribution in [2.24, 2.45) is 0 Å². The number of carboxylic acids is 1. The fourth-order valence-electron chi connectivity index (χ4n) is 1.04. The van der Waals surface area contributed by atoms with Crippen molar-refractivity contribution in [2.45, 2.75) is 13.3 Å². The number of pyridine rings is 1. The molecule has 4 nitrogen and oxygen atoms in total. The van der Waals surface area contributed by atoms with Gasteiger partial charge in [0.05, 0.1) is 5.56 Å². The highest BCUT2D eigenvalue weighted by Crippen LogP contribution is 2.32. The molecule has 2 N–H and O–H groups in total. The molecule has 1 heterocycles. The van der Waals surface area contributed by atoms with E-state index in [1.807, 2.05) is 0 Å². The molecule has 0 amide bonds. The first-order valence-electron chi connectivity index (χ1n) is 3.65. The van der Waals surface area contributed by atoms with Crippen molar-refractivity contribution in [3.8, 4) is 5.75 Å². The maximum absolute atomic E-state index is 12.4. The number of aromatic hydroxyl groups is 1. The predicted molar refractivity (Wildman–Crippen MR) is 42.6 cm³/mol. The third kappa shape index (κ3) is 1.63. The van der Waals surface area contributed by atoms with Gasteiger partial charge in [0, 0.05) is 6.20 Å². The molecule has 0 saturated heterocycles. The van der Waals surface area contributed by atoms with Crippen LogP contribution in [0.3, 0.4) is 0 Å². The zero-order valence-electron chi connectivity index (χ0n) is 7.16. The van der Waals surface area contributed by atoms with E-state index in [-0.39, 0.29) is 5.56 Å². The van der Waals surface area contributed by atoms with Gasteiger partial charge in [-0.25, -0.2) is 18.6 Å². The lowest BCUT2D eigenvalue weighted by molar-refractivity contribution is 0.0685. The number of hydrogen-bond acceptors (Lipinski definition) is 3. The average Bonchev–Trinajstić information content (AvgIpc) is 2.02. The van der Waals surface area contributed by atoms with Crippen LogP contribution in [0.2, 0.25) is 0 Å². The van der Waals surface area contributed by atoms with Crippen LogP contribution in [0.4, 0.5) is 8.78 Å². The molecule has 0 atom stereocenters. The summed E-state index contributed by atoms with van der Waals surface area (Å²) in [5.41, 5.74) is -1.38. The summed E-state index contributed by atoms with van der Waals surface area (Å²) >= 11 is 0. The maximum atomic E-state index is 12.4. The molecule has 6 heteroatoms. The Morgan fingerprint density at radius 1 is 1.57 bits per heavy atom. The summed E-state index contributed by atoms with van der Waals surface area (Å²) in [7, 11) is 0. The minimum atomic E-state index is -2.92. The highest BCUT2D eigenvalue weighted by molar-refractivity contribution is 5.89. The highest BCUT2D eigenvalue weighted by atomic mass is 19.3. The third-order valence-electron chi connectivity index (χ3n) is 1.71. The molecule has 0 saturated carbocycles. The van der Waals surface area contributed by atoms with Crippen LogP contribution >= 0.6 is 0 Å². The smallest absolute Gasteiger partial charge is 0.358 e. The van der Waals surface area contributed by atoms with Crippen molar-refractivity contribution in [1.82, 2.24) is 4.98 Å². The Bertz CT molecular complexity index is 379. The van der Waals surface area contributed by atoms with Crippen LogP contribution in [0.5, 0.6) is 5.75 Å². The second-order valence-corrected chi connectivity index (χ2v) is 2.66. The lowest BCUT2D eigenvalue weighted by atomic mass is 10.1. The molecule has 0 aliphatic heterocycles. The zero-order chi connectivity index (χ0) is 10.9. The van der Waals surface area contributed by atoms with Gasteiger partial charge >= 0.3 is 5.97 Å². The maximum Gasteiger partial charge on any atom is 0.358 e. The Kier molecular flexibility index (Phi) is 2.64. The molecule has 1 rings (SSSR count). The lowest BCUT2D eigenvalue weighted by Gasteiger charge is -2.08. The number of rotatable bonds is 2. The number of aromatic nitrogens is 1. The van der Waals surface area contributed by atoms with Crippen LogP contribution in [0.25, 0.3) is 0 Å². The molecular weight excluding hydrogens is 196 g/mol. The van der Waals surface area contributed by atoms with E-state index in [9.17, 15) is 18.7 Å². The summed E-state index contributed by atoms with van der Waals surface area (Å²) in [6.07, 6.45) is -1.93. The van der Waals surface area contributed by atoms with Crippen LogP contribution in [0, 0.1) is 6.92 Å². The van der Waals surface area contributed by atoms with E-state index < -0.39 is 29.4 Å². The Labute approximate surface area is 77.8 Å². The van der Waals surface area contributed by atoms with Crippen LogP contribution in [-0.2, 0) is 0 Å². The van der Waals surface area contributed by atoms with E-state index in [2.05, 4.69) is 4.98 Å². The van der Waals surface area contributed by atoms with Crippen molar-refractivity contribution in [2.75, 3.05) is 0 Å². The van der Waals surface area contributed by atoms with Crippen LogP contribution < -0.4 is 0 Å². The molecule has 0 fully saturated rings. The highest BCUT2D eigenvalue weighted by Gasteiger charge is 2.22. The standard InChI is InChI=1S/C8H7F2NO3/c1-3-2-11-5(8(13)14)6(12)4(3)7(9)10/h2,7,12H,1H3,(H,13,14). The number of halogens is 2. The molecular formula is C8H7F2NO3. The number of carboxylic acid groups (broad SMARTS) is 1. The molecule has 0 bridgehead atoms. The van der Waals surface area contributed by atoms with Gasteiger partial charge in [-0.05, 0) is 12.5 Å². The average molecular weight is 203 g/mol. The topological polar surface area (TPSA) is 70.4 Å². The first-order chi connectivity index (χ1) is 6.45. The van der Waals surface area contributed by atoms with E-state index in [0.717, 1.165) is 6.20 Å². The van der Waals surface area contributed by atoms with Crippen LogP contribution in [0.1, 0.15) is 28.0 Å². The van der Waals surface area contributed by atoms with Gasteiger partial charge in [0.15, 0.2) is 11.4 Å². The van der Waals surface area contributed by atoms with Gasteiger partial charge in [0.25, 0.3) is 6.43 Å². The molecule has 0 aliphatic carbocycles. The second-order valence-electron chi connectivity index (χ2n) is 2.66. The molecule has 0 aromatic carbocycles. The molecule has 0 unspecified atom stereocenters. The number of nitrogens with zero attached hydrogens (tertiary/aromatic N) is 1. The summed E-state index contributed by atoms with van der Waals surface area (Å²) in [5.74, 6) is -2.50. The van der Waals surface area contributed by atoms with Gasteiger partial charge in [0.1, 0.15) is 0 Å². The van der Waals surface area contributed by atoms with Gasteiger partial charge < -0.3 is 10.2 Å². The second kappa shape index (κ2) is 3.57.